The van der Waals surface area contributed by atoms with Crippen molar-refractivity contribution in [3.63, 3.8) is 0 Å². The molecule has 1 atom stereocenters. The van der Waals surface area contributed by atoms with Gasteiger partial charge >= 0.3 is 0 Å². The highest BCUT2D eigenvalue weighted by Gasteiger charge is 2.22. The minimum absolute atomic E-state index is 0.0705. The molecule has 0 aromatic rings. The number of hydrogen-bond acceptors (Lipinski definition) is 3. The molecule has 0 spiro atoms. The van der Waals surface area contributed by atoms with Crippen molar-refractivity contribution >= 4 is 11.8 Å². The summed E-state index contributed by atoms with van der Waals surface area (Å²) < 4.78 is 0. The summed E-state index contributed by atoms with van der Waals surface area (Å²) in [4.78, 5) is 26.2. The topological polar surface area (TPSA) is 81.4 Å². The molecular weight excluding hydrogens is 196 g/mol. The van der Waals surface area contributed by atoms with Gasteiger partial charge in [-0.3, -0.25) is 14.4 Å². The van der Waals surface area contributed by atoms with E-state index >= 15 is 0 Å². The first-order valence-corrected chi connectivity index (χ1v) is 4.92. The lowest BCUT2D eigenvalue weighted by molar-refractivity contribution is -0.139. The van der Waals surface area contributed by atoms with Gasteiger partial charge in [-0.2, -0.15) is 0 Å². The Balaban J connectivity index is 3.79. The monoisotopic (exact) mass is 216 g/mol. The van der Waals surface area contributed by atoms with Crippen molar-refractivity contribution in [3.05, 3.63) is 0 Å². The van der Waals surface area contributed by atoms with Crippen LogP contribution in [-0.2, 0) is 14.4 Å². The van der Waals surface area contributed by atoms with Gasteiger partial charge in [-0.15, -0.1) is 0 Å². The van der Waals surface area contributed by atoms with E-state index in [2.05, 4.69) is 31.1 Å². The fourth-order valence-corrected chi connectivity index (χ4v) is 0.814. The summed E-state index contributed by atoms with van der Waals surface area (Å²) in [7, 11) is 0. The Morgan fingerprint density at radius 2 is 1.93 bits per heavy atom. The molecule has 5 heteroatoms. The molecule has 0 saturated carbocycles. The van der Waals surface area contributed by atoms with E-state index in [1.165, 1.54) is 0 Å². The molecule has 0 rings (SSSR count). The van der Waals surface area contributed by atoms with Gasteiger partial charge in [0.25, 0.3) is 0 Å². The normalized spacial score (nSPS) is 13.3. The average molecular weight is 216 g/mol. The zero-order chi connectivity index (χ0) is 12.1. The van der Waals surface area contributed by atoms with Crippen LogP contribution in [0.15, 0.2) is 0 Å². The molecule has 0 aliphatic rings. The lowest BCUT2D eigenvalue weighted by Gasteiger charge is -2.26. The maximum absolute atomic E-state index is 11.3. The molecule has 0 aromatic heterocycles. The zero-order valence-corrected chi connectivity index (χ0v) is 9.79. The van der Waals surface area contributed by atoms with Gasteiger partial charge in [0.15, 0.2) is 6.61 Å². The number of carbonyl (C=O) groups is 2. The minimum Gasteiger partial charge on any atom is -0.368 e. The number of hydroxylamine groups is 1. The quantitative estimate of drug-likeness (QED) is 0.660. The lowest BCUT2D eigenvalue weighted by Crippen LogP contribution is -2.32. The van der Waals surface area contributed by atoms with Gasteiger partial charge < -0.3 is 5.73 Å². The molecule has 0 aromatic carbocycles. The van der Waals surface area contributed by atoms with Gasteiger partial charge in [-0.25, -0.2) is 5.48 Å². The van der Waals surface area contributed by atoms with Crippen molar-refractivity contribution in [1.82, 2.24) is 5.48 Å². The standard InChI is InChI=1S/C10H20N2O3/c1-7(10(2,3)4)5-9(14)12-15-6-8(11)13/h7H,5-6H2,1-4H3,(H2,11,13)(H,12,14). The fourth-order valence-electron chi connectivity index (χ4n) is 0.814. The van der Waals surface area contributed by atoms with E-state index in [4.69, 9.17) is 5.73 Å². The summed E-state index contributed by atoms with van der Waals surface area (Å²) in [5.41, 5.74) is 7.08. The van der Waals surface area contributed by atoms with E-state index in [0.29, 0.717) is 6.42 Å². The molecule has 2 amide bonds. The van der Waals surface area contributed by atoms with E-state index in [-0.39, 0.29) is 23.8 Å². The first kappa shape index (κ1) is 13.9. The van der Waals surface area contributed by atoms with E-state index in [9.17, 15) is 9.59 Å². The molecule has 1 unspecified atom stereocenters. The zero-order valence-electron chi connectivity index (χ0n) is 9.79. The molecule has 0 heterocycles. The third-order valence-corrected chi connectivity index (χ3v) is 2.37. The molecule has 15 heavy (non-hydrogen) atoms. The number of nitrogens with two attached hydrogens (primary N) is 1. The summed E-state index contributed by atoms with van der Waals surface area (Å²) in [5.74, 6) is -0.618. The molecule has 0 bridgehead atoms. The number of rotatable bonds is 5. The van der Waals surface area contributed by atoms with Crippen molar-refractivity contribution in [1.29, 1.82) is 0 Å². The summed E-state index contributed by atoms with van der Waals surface area (Å²) >= 11 is 0. The third kappa shape index (κ3) is 6.90. The molecule has 0 aliphatic carbocycles. The van der Waals surface area contributed by atoms with E-state index < -0.39 is 5.91 Å². The molecule has 5 nitrogen and oxygen atoms in total. The van der Waals surface area contributed by atoms with Crippen LogP contribution >= 0.6 is 0 Å². The Labute approximate surface area is 90.3 Å². The fraction of sp³-hybridized carbons (Fsp3) is 0.800. The summed E-state index contributed by atoms with van der Waals surface area (Å²) in [6.45, 7) is 7.89. The predicted molar refractivity (Wildman–Crippen MR) is 56.5 cm³/mol. The molecule has 0 aliphatic heterocycles. The van der Waals surface area contributed by atoms with Gasteiger partial charge in [-0.05, 0) is 11.3 Å². The van der Waals surface area contributed by atoms with E-state index in [1.807, 2.05) is 6.92 Å². The summed E-state index contributed by atoms with van der Waals surface area (Å²) in [6.07, 6.45) is 0.363. The Bertz CT molecular complexity index is 233. The van der Waals surface area contributed by atoms with Crippen molar-refractivity contribution in [2.75, 3.05) is 6.61 Å². The average Bonchev–Trinajstić information content (AvgIpc) is 2.01. The molecule has 0 saturated heterocycles. The van der Waals surface area contributed by atoms with Crippen molar-refractivity contribution in [2.45, 2.75) is 34.1 Å². The lowest BCUT2D eigenvalue weighted by atomic mass is 9.80. The maximum atomic E-state index is 11.3. The van der Waals surface area contributed by atoms with Gasteiger partial charge in [0.2, 0.25) is 11.8 Å². The van der Waals surface area contributed by atoms with Crippen molar-refractivity contribution in [2.24, 2.45) is 17.1 Å². The number of amides is 2. The molecule has 0 fully saturated rings. The number of hydrogen-bond donors (Lipinski definition) is 2. The number of nitrogens with one attached hydrogen (secondary N) is 1. The van der Waals surface area contributed by atoms with Crippen LogP contribution in [0, 0.1) is 11.3 Å². The predicted octanol–water partition coefficient (Wildman–Crippen LogP) is 0.592. The van der Waals surface area contributed by atoms with Crippen LogP contribution in [0.2, 0.25) is 0 Å². The second-order valence-corrected chi connectivity index (χ2v) is 4.75. The van der Waals surface area contributed by atoms with Crippen LogP contribution in [0.1, 0.15) is 34.1 Å². The summed E-state index contributed by atoms with van der Waals surface area (Å²) in [6, 6.07) is 0. The third-order valence-electron chi connectivity index (χ3n) is 2.37. The first-order chi connectivity index (χ1) is 6.73. The number of carbonyl (C=O) groups excluding carboxylic acids is 2. The number of primary amides is 1. The second kappa shape index (κ2) is 5.70. The van der Waals surface area contributed by atoms with Gasteiger partial charge in [-0.1, -0.05) is 27.7 Å². The van der Waals surface area contributed by atoms with Gasteiger partial charge in [0.05, 0.1) is 0 Å². The molecule has 88 valence electrons. The summed E-state index contributed by atoms with van der Waals surface area (Å²) in [5, 5.41) is 0. The van der Waals surface area contributed by atoms with Crippen LogP contribution in [-0.4, -0.2) is 18.4 Å². The van der Waals surface area contributed by atoms with Crippen molar-refractivity contribution < 1.29 is 14.4 Å². The Hall–Kier alpha value is -1.10. The van der Waals surface area contributed by atoms with Crippen LogP contribution in [0.3, 0.4) is 0 Å². The first-order valence-electron chi connectivity index (χ1n) is 4.92. The Morgan fingerprint density at radius 3 is 2.33 bits per heavy atom. The van der Waals surface area contributed by atoms with E-state index in [0.717, 1.165) is 0 Å². The Kier molecular flexibility index (Phi) is 5.28. The Morgan fingerprint density at radius 1 is 1.40 bits per heavy atom. The van der Waals surface area contributed by atoms with E-state index in [1.54, 1.807) is 0 Å². The maximum Gasteiger partial charge on any atom is 0.246 e. The molecular formula is C10H20N2O3. The molecule has 3 N–H and O–H groups in total. The highest BCUT2D eigenvalue weighted by molar-refractivity contribution is 5.77. The minimum atomic E-state index is -0.612. The largest absolute Gasteiger partial charge is 0.368 e. The SMILES string of the molecule is CC(CC(=O)NOCC(N)=O)C(C)(C)C. The van der Waals surface area contributed by atoms with Crippen LogP contribution in [0.25, 0.3) is 0 Å². The van der Waals surface area contributed by atoms with Crippen LogP contribution in [0.5, 0.6) is 0 Å². The highest BCUT2D eigenvalue weighted by atomic mass is 16.7. The smallest absolute Gasteiger partial charge is 0.246 e. The van der Waals surface area contributed by atoms with Crippen LogP contribution < -0.4 is 11.2 Å². The van der Waals surface area contributed by atoms with Crippen LogP contribution in [0.4, 0.5) is 0 Å². The second-order valence-electron chi connectivity index (χ2n) is 4.75. The van der Waals surface area contributed by atoms with Crippen molar-refractivity contribution in [3.8, 4) is 0 Å². The van der Waals surface area contributed by atoms with Gasteiger partial charge in [0, 0.05) is 6.42 Å². The molecule has 0 radical (unpaired) electrons. The van der Waals surface area contributed by atoms with Gasteiger partial charge in [0.1, 0.15) is 0 Å². The highest BCUT2D eigenvalue weighted by Crippen LogP contribution is 2.27.